The molecule has 0 bridgehead atoms. The lowest BCUT2D eigenvalue weighted by Gasteiger charge is -2.40. The zero-order valence-corrected chi connectivity index (χ0v) is 24.6. The first kappa shape index (κ1) is 29.4. The summed E-state index contributed by atoms with van der Waals surface area (Å²) >= 11 is 18.7. The van der Waals surface area contributed by atoms with Crippen molar-refractivity contribution in [3.8, 4) is 22.4 Å². The topological polar surface area (TPSA) is 80.2 Å². The molecule has 3 aromatic carbocycles. The Hall–Kier alpha value is -3.11. The van der Waals surface area contributed by atoms with Gasteiger partial charge in [-0.25, -0.2) is 27.2 Å². The molecule has 12 heteroatoms. The van der Waals surface area contributed by atoms with Gasteiger partial charge >= 0.3 is 0 Å². The second-order valence-electron chi connectivity index (χ2n) is 9.80. The number of carbonyl (C=O) groups excluding carboxylic acids is 1. The summed E-state index contributed by atoms with van der Waals surface area (Å²) in [5.74, 6) is -2.38. The molecule has 0 unspecified atom stereocenters. The smallest absolute Gasteiger partial charge is 0.291 e. The molecule has 2 heterocycles. The predicted octanol–water partition coefficient (Wildman–Crippen LogP) is 7.23. The van der Waals surface area contributed by atoms with Gasteiger partial charge in [0.25, 0.3) is 5.91 Å². The van der Waals surface area contributed by atoms with Gasteiger partial charge in [-0.2, -0.15) is 0 Å². The first-order valence-corrected chi connectivity index (χ1v) is 15.4. The minimum Gasteiger partial charge on any atom is -0.336 e. The summed E-state index contributed by atoms with van der Waals surface area (Å²) in [6.07, 6.45) is 2.44. The molecule has 5 rings (SSSR count). The van der Waals surface area contributed by atoms with Crippen LogP contribution in [0.25, 0.3) is 22.4 Å². The van der Waals surface area contributed by atoms with E-state index in [0.717, 1.165) is 24.0 Å². The van der Waals surface area contributed by atoms with Crippen molar-refractivity contribution in [3.05, 3.63) is 105 Å². The van der Waals surface area contributed by atoms with E-state index in [9.17, 15) is 22.0 Å². The Balaban J connectivity index is 1.50. The van der Waals surface area contributed by atoms with Gasteiger partial charge in [-0.15, -0.1) is 0 Å². The summed E-state index contributed by atoms with van der Waals surface area (Å²) in [7, 11) is -3.82. The normalized spacial score (nSPS) is 15.1. The van der Waals surface area contributed by atoms with E-state index in [0.29, 0.717) is 38.0 Å². The molecule has 41 heavy (non-hydrogen) atoms. The summed E-state index contributed by atoms with van der Waals surface area (Å²) in [6.45, 7) is 0.00668. The van der Waals surface area contributed by atoms with Crippen molar-refractivity contribution in [2.75, 3.05) is 19.3 Å². The van der Waals surface area contributed by atoms with Gasteiger partial charge in [0.05, 0.1) is 10.7 Å². The number of sulfone groups is 1. The molecule has 0 saturated carbocycles. The van der Waals surface area contributed by atoms with Crippen LogP contribution in [-0.2, 0) is 14.6 Å². The number of piperidine rings is 1. The predicted molar refractivity (Wildman–Crippen MR) is 156 cm³/mol. The number of rotatable bonds is 5. The standard InChI is InChI=1S/C29H22Cl3F2N3O3S/c1-41(39,40)29(18-12-21(33)15-22(34)13-18)8-10-37(11-9-29)28(38)27-35-16-24(17-2-4-19(30)5-3-17)26(36-27)23-7-6-20(31)14-25(23)32/h2-7,12-16H,8-11H2,1H3. The molecule has 1 saturated heterocycles. The third kappa shape index (κ3) is 5.81. The third-order valence-corrected chi connectivity index (χ3v) is 10.1. The van der Waals surface area contributed by atoms with Gasteiger partial charge in [0, 0.05) is 52.8 Å². The lowest BCUT2D eigenvalue weighted by Crippen LogP contribution is -2.49. The second kappa shape index (κ2) is 11.3. The molecular formula is C29H22Cl3F2N3O3S. The number of nitrogens with zero attached hydrogens (tertiary/aromatic N) is 3. The summed E-state index contributed by atoms with van der Waals surface area (Å²) in [5.41, 5.74) is 2.29. The van der Waals surface area contributed by atoms with Crippen molar-refractivity contribution in [1.82, 2.24) is 14.9 Å². The fraction of sp³-hybridized carbons (Fsp3) is 0.207. The molecular weight excluding hydrogens is 615 g/mol. The molecule has 0 atom stereocenters. The third-order valence-electron chi connectivity index (χ3n) is 7.28. The Morgan fingerprint density at radius 2 is 1.49 bits per heavy atom. The number of amides is 1. The molecule has 0 N–H and O–H groups in total. The molecule has 1 aliphatic rings. The molecule has 0 aliphatic carbocycles. The van der Waals surface area contributed by atoms with Crippen LogP contribution in [0.2, 0.25) is 15.1 Å². The van der Waals surface area contributed by atoms with Crippen LogP contribution in [0.15, 0.2) is 66.9 Å². The van der Waals surface area contributed by atoms with Gasteiger partial charge in [-0.1, -0.05) is 46.9 Å². The first-order valence-electron chi connectivity index (χ1n) is 12.4. The van der Waals surface area contributed by atoms with Gasteiger partial charge in [0.2, 0.25) is 5.82 Å². The SMILES string of the molecule is CS(=O)(=O)C1(c2cc(F)cc(F)c2)CCN(C(=O)c2ncc(-c3ccc(Cl)cc3)c(-c3ccc(Cl)cc3Cl)n2)CC1. The minimum atomic E-state index is -3.82. The number of halogens is 5. The highest BCUT2D eigenvalue weighted by atomic mass is 35.5. The maximum atomic E-state index is 14.0. The number of benzene rings is 3. The highest BCUT2D eigenvalue weighted by Crippen LogP contribution is 2.41. The molecule has 1 aliphatic heterocycles. The van der Waals surface area contributed by atoms with Crippen molar-refractivity contribution in [2.24, 2.45) is 0 Å². The number of hydrogen-bond acceptors (Lipinski definition) is 5. The summed E-state index contributed by atoms with van der Waals surface area (Å²) in [5, 5.41) is 1.30. The quantitative estimate of drug-likeness (QED) is 0.231. The Bertz CT molecular complexity index is 1740. The maximum Gasteiger partial charge on any atom is 0.291 e. The average Bonchev–Trinajstić information content (AvgIpc) is 2.92. The molecule has 1 fully saturated rings. The van der Waals surface area contributed by atoms with Crippen molar-refractivity contribution >= 4 is 50.5 Å². The van der Waals surface area contributed by atoms with Crippen molar-refractivity contribution in [3.63, 3.8) is 0 Å². The Morgan fingerprint density at radius 3 is 2.07 bits per heavy atom. The van der Waals surface area contributed by atoms with Crippen LogP contribution in [0.5, 0.6) is 0 Å². The van der Waals surface area contributed by atoms with E-state index in [1.165, 1.54) is 11.1 Å². The molecule has 6 nitrogen and oxygen atoms in total. The average molecular weight is 637 g/mol. The van der Waals surface area contributed by atoms with Crippen molar-refractivity contribution < 1.29 is 22.0 Å². The van der Waals surface area contributed by atoms with E-state index in [-0.39, 0.29) is 37.3 Å². The number of carbonyl (C=O) groups is 1. The first-order chi connectivity index (χ1) is 19.4. The monoisotopic (exact) mass is 635 g/mol. The van der Waals surface area contributed by atoms with E-state index in [2.05, 4.69) is 9.97 Å². The number of aromatic nitrogens is 2. The fourth-order valence-corrected chi connectivity index (χ4v) is 7.21. The molecule has 212 valence electrons. The van der Waals surface area contributed by atoms with Gasteiger partial charge in [0.1, 0.15) is 16.4 Å². The van der Waals surface area contributed by atoms with E-state index >= 15 is 0 Å². The Labute approximate surface area is 250 Å². The summed E-state index contributed by atoms with van der Waals surface area (Å²) < 4.78 is 52.4. The van der Waals surface area contributed by atoms with Gasteiger partial charge < -0.3 is 4.90 Å². The maximum absolute atomic E-state index is 14.0. The van der Waals surface area contributed by atoms with E-state index in [1.54, 1.807) is 42.5 Å². The molecule has 4 aromatic rings. The fourth-order valence-electron chi connectivity index (χ4n) is 5.12. The van der Waals surface area contributed by atoms with Gasteiger partial charge in [-0.05, 0) is 66.4 Å². The lowest BCUT2D eigenvalue weighted by atomic mass is 9.88. The number of likely N-dealkylation sites (tertiary alicyclic amines) is 1. The van der Waals surface area contributed by atoms with Gasteiger partial charge in [0.15, 0.2) is 9.84 Å². The van der Waals surface area contributed by atoms with Crippen LogP contribution < -0.4 is 0 Å². The number of hydrogen-bond donors (Lipinski definition) is 0. The largest absolute Gasteiger partial charge is 0.336 e. The molecule has 0 spiro atoms. The van der Waals surface area contributed by atoms with Crippen molar-refractivity contribution in [2.45, 2.75) is 17.6 Å². The van der Waals surface area contributed by atoms with Crippen LogP contribution in [0.1, 0.15) is 29.0 Å². The molecule has 0 radical (unpaired) electrons. The highest BCUT2D eigenvalue weighted by Gasteiger charge is 2.46. The lowest BCUT2D eigenvalue weighted by molar-refractivity contribution is 0.0687. The summed E-state index contributed by atoms with van der Waals surface area (Å²) in [4.78, 5) is 23.9. The molecule has 1 amide bonds. The van der Waals surface area contributed by atoms with E-state index in [1.807, 2.05) is 0 Å². The Morgan fingerprint density at radius 1 is 0.878 bits per heavy atom. The minimum absolute atomic E-state index is 0.00334. The molecule has 1 aromatic heterocycles. The van der Waals surface area contributed by atoms with Crippen molar-refractivity contribution in [1.29, 1.82) is 0 Å². The van der Waals surface area contributed by atoms with Crippen LogP contribution in [0.4, 0.5) is 8.78 Å². The Kier molecular flexibility index (Phi) is 8.09. The second-order valence-corrected chi connectivity index (χ2v) is 13.4. The zero-order chi connectivity index (χ0) is 29.5. The zero-order valence-electron chi connectivity index (χ0n) is 21.5. The van der Waals surface area contributed by atoms with Crippen LogP contribution >= 0.6 is 34.8 Å². The van der Waals surface area contributed by atoms with Crippen LogP contribution in [0.3, 0.4) is 0 Å². The van der Waals surface area contributed by atoms with E-state index < -0.39 is 32.1 Å². The highest BCUT2D eigenvalue weighted by molar-refractivity contribution is 7.91. The van der Waals surface area contributed by atoms with Crippen LogP contribution in [-0.4, -0.2) is 48.5 Å². The van der Waals surface area contributed by atoms with Crippen LogP contribution in [0, 0.1) is 11.6 Å². The van der Waals surface area contributed by atoms with Gasteiger partial charge in [-0.3, -0.25) is 4.79 Å². The summed E-state index contributed by atoms with van der Waals surface area (Å²) in [6, 6.07) is 14.7. The van der Waals surface area contributed by atoms with E-state index in [4.69, 9.17) is 34.8 Å².